The summed E-state index contributed by atoms with van der Waals surface area (Å²) in [6, 6.07) is 2.46. The third kappa shape index (κ3) is 1.99. The molecule has 1 aliphatic rings. The fourth-order valence-electron chi connectivity index (χ4n) is 3.36. The van der Waals surface area contributed by atoms with E-state index in [0.29, 0.717) is 12.0 Å². The minimum atomic E-state index is 0.257. The third-order valence-electron chi connectivity index (χ3n) is 4.46. The van der Waals surface area contributed by atoms with Crippen molar-refractivity contribution >= 4 is 17.1 Å². The molecular formula is C15H22N4. The Kier molecular flexibility index (Phi) is 2.77. The van der Waals surface area contributed by atoms with Gasteiger partial charge in [0.15, 0.2) is 5.65 Å². The van der Waals surface area contributed by atoms with Crippen molar-refractivity contribution < 1.29 is 0 Å². The molecule has 19 heavy (non-hydrogen) atoms. The maximum absolute atomic E-state index is 6.17. The second kappa shape index (κ2) is 4.22. The molecule has 0 saturated heterocycles. The van der Waals surface area contributed by atoms with Gasteiger partial charge in [-0.15, -0.1) is 0 Å². The van der Waals surface area contributed by atoms with Crippen LogP contribution in [0.5, 0.6) is 0 Å². The first-order valence-corrected chi connectivity index (χ1v) is 7.09. The lowest BCUT2D eigenvalue weighted by atomic mass is 9.73. The van der Waals surface area contributed by atoms with Crippen LogP contribution < -0.4 is 5.73 Å². The molecule has 1 atom stereocenters. The summed E-state index contributed by atoms with van der Waals surface area (Å²) in [5, 5.41) is 0. The number of rotatable bonds is 1. The van der Waals surface area contributed by atoms with E-state index in [1.165, 1.54) is 19.3 Å². The lowest BCUT2D eigenvalue weighted by Crippen LogP contribution is -2.31. The van der Waals surface area contributed by atoms with Crippen LogP contribution in [0.1, 0.15) is 51.1 Å². The predicted molar refractivity (Wildman–Crippen MR) is 78.0 cm³/mol. The predicted octanol–water partition coefficient (Wildman–Crippen LogP) is 3.46. The maximum atomic E-state index is 6.17. The van der Waals surface area contributed by atoms with E-state index >= 15 is 0 Å². The summed E-state index contributed by atoms with van der Waals surface area (Å²) in [6.07, 6.45) is 6.87. The van der Waals surface area contributed by atoms with Crippen molar-refractivity contribution in [1.29, 1.82) is 0 Å². The van der Waals surface area contributed by atoms with E-state index in [1.54, 1.807) is 0 Å². The Morgan fingerprint density at radius 2 is 2.16 bits per heavy atom. The Labute approximate surface area is 114 Å². The molecule has 2 N–H and O–H groups in total. The Morgan fingerprint density at radius 1 is 1.37 bits per heavy atom. The van der Waals surface area contributed by atoms with Gasteiger partial charge in [-0.2, -0.15) is 0 Å². The van der Waals surface area contributed by atoms with Gasteiger partial charge in [-0.1, -0.05) is 26.7 Å². The van der Waals surface area contributed by atoms with Gasteiger partial charge in [-0.25, -0.2) is 9.97 Å². The van der Waals surface area contributed by atoms with Crippen LogP contribution in [-0.2, 0) is 0 Å². The van der Waals surface area contributed by atoms with Gasteiger partial charge in [-0.05, 0) is 36.8 Å². The van der Waals surface area contributed by atoms with Crippen LogP contribution in [0.2, 0.25) is 0 Å². The highest BCUT2D eigenvalue weighted by atomic mass is 15.2. The summed E-state index contributed by atoms with van der Waals surface area (Å²) >= 11 is 0. The molecule has 3 rings (SSSR count). The van der Waals surface area contributed by atoms with Crippen LogP contribution in [0.4, 0.5) is 5.95 Å². The summed E-state index contributed by atoms with van der Waals surface area (Å²) < 4.78 is 2.16. The van der Waals surface area contributed by atoms with Crippen LogP contribution in [0.3, 0.4) is 0 Å². The summed E-state index contributed by atoms with van der Waals surface area (Å²) in [7, 11) is 0. The molecule has 0 amide bonds. The first-order chi connectivity index (χ1) is 8.99. The third-order valence-corrected chi connectivity index (χ3v) is 4.46. The normalized spacial score (nSPS) is 22.8. The van der Waals surface area contributed by atoms with E-state index in [9.17, 15) is 0 Å². The summed E-state index contributed by atoms with van der Waals surface area (Å²) in [5.74, 6) is 0.605. The molecule has 0 aromatic carbocycles. The molecule has 4 heteroatoms. The van der Waals surface area contributed by atoms with Crippen LogP contribution in [-0.4, -0.2) is 14.5 Å². The van der Waals surface area contributed by atoms with Crippen molar-refractivity contribution in [1.82, 2.24) is 14.5 Å². The molecule has 2 aromatic heterocycles. The van der Waals surface area contributed by atoms with E-state index in [4.69, 9.17) is 5.73 Å². The number of anilines is 1. The zero-order valence-electron chi connectivity index (χ0n) is 12.0. The lowest BCUT2D eigenvalue weighted by Gasteiger charge is -2.39. The van der Waals surface area contributed by atoms with Crippen molar-refractivity contribution in [3.8, 4) is 0 Å². The number of imidazole rings is 1. The Hall–Kier alpha value is -1.58. The van der Waals surface area contributed by atoms with E-state index in [1.807, 2.05) is 13.1 Å². The van der Waals surface area contributed by atoms with Gasteiger partial charge in [0.1, 0.15) is 5.52 Å². The molecule has 1 saturated carbocycles. The van der Waals surface area contributed by atoms with Gasteiger partial charge in [0.2, 0.25) is 5.95 Å². The van der Waals surface area contributed by atoms with Gasteiger partial charge in [-0.3, -0.25) is 4.57 Å². The molecule has 0 spiro atoms. The lowest BCUT2D eigenvalue weighted by molar-refractivity contribution is 0.149. The van der Waals surface area contributed by atoms with Crippen molar-refractivity contribution in [2.24, 2.45) is 5.41 Å². The average molecular weight is 258 g/mol. The Balaban J connectivity index is 2.16. The number of nitrogens with zero attached hydrogens (tertiary/aromatic N) is 3. The Bertz CT molecular complexity index is 612. The van der Waals surface area contributed by atoms with Gasteiger partial charge in [0.25, 0.3) is 0 Å². The minimum Gasteiger partial charge on any atom is -0.369 e. The number of hydrogen-bond donors (Lipinski definition) is 1. The highest BCUT2D eigenvalue weighted by molar-refractivity contribution is 5.74. The van der Waals surface area contributed by atoms with E-state index < -0.39 is 0 Å². The van der Waals surface area contributed by atoms with Gasteiger partial charge in [0.05, 0.1) is 0 Å². The summed E-state index contributed by atoms with van der Waals surface area (Å²) in [4.78, 5) is 9.06. The standard InChI is InChI=1S/C15H22N4/c1-10-8-11-13(17-9-10)19(14(16)18-11)12-6-4-5-7-15(12,2)3/h8-9,12H,4-7H2,1-3H3,(H2,16,18). The number of nitrogens with two attached hydrogens (primary N) is 1. The van der Waals surface area contributed by atoms with Gasteiger partial charge in [0, 0.05) is 12.2 Å². The van der Waals surface area contributed by atoms with E-state index in [2.05, 4.69) is 34.4 Å². The summed E-state index contributed by atoms with van der Waals surface area (Å²) in [6.45, 7) is 6.69. The number of aryl methyl sites for hydroxylation is 1. The largest absolute Gasteiger partial charge is 0.369 e. The van der Waals surface area contributed by atoms with Crippen LogP contribution >= 0.6 is 0 Å². The van der Waals surface area contributed by atoms with Crippen molar-refractivity contribution in [3.63, 3.8) is 0 Å². The molecule has 2 heterocycles. The second-order valence-electron chi connectivity index (χ2n) is 6.45. The highest BCUT2D eigenvalue weighted by Crippen LogP contribution is 2.45. The van der Waals surface area contributed by atoms with E-state index in [0.717, 1.165) is 23.1 Å². The number of pyridine rings is 1. The molecule has 4 nitrogen and oxygen atoms in total. The summed E-state index contributed by atoms with van der Waals surface area (Å²) in [5.41, 5.74) is 9.40. The van der Waals surface area contributed by atoms with Crippen LogP contribution in [0, 0.1) is 12.3 Å². The molecule has 0 radical (unpaired) electrons. The molecular weight excluding hydrogens is 236 g/mol. The molecule has 1 fully saturated rings. The fourth-order valence-corrected chi connectivity index (χ4v) is 3.36. The molecule has 1 unspecified atom stereocenters. The first-order valence-electron chi connectivity index (χ1n) is 7.09. The SMILES string of the molecule is Cc1cnc2c(c1)nc(N)n2C1CCCCC1(C)C. The monoisotopic (exact) mass is 258 g/mol. The van der Waals surface area contributed by atoms with Crippen molar-refractivity contribution in [2.75, 3.05) is 5.73 Å². The van der Waals surface area contributed by atoms with Crippen molar-refractivity contribution in [2.45, 2.75) is 52.5 Å². The molecule has 1 aliphatic carbocycles. The molecule has 0 bridgehead atoms. The second-order valence-corrected chi connectivity index (χ2v) is 6.45. The number of aromatic nitrogens is 3. The highest BCUT2D eigenvalue weighted by Gasteiger charge is 2.35. The molecule has 102 valence electrons. The number of hydrogen-bond acceptors (Lipinski definition) is 3. The Morgan fingerprint density at radius 3 is 2.89 bits per heavy atom. The van der Waals surface area contributed by atoms with Crippen molar-refractivity contribution in [3.05, 3.63) is 17.8 Å². The van der Waals surface area contributed by atoms with Crippen LogP contribution in [0.25, 0.3) is 11.2 Å². The van der Waals surface area contributed by atoms with E-state index in [-0.39, 0.29) is 5.41 Å². The topological polar surface area (TPSA) is 56.7 Å². The number of nitrogen functional groups attached to an aromatic ring is 1. The van der Waals surface area contributed by atoms with Gasteiger partial charge < -0.3 is 5.73 Å². The first kappa shape index (κ1) is 12.5. The number of fused-ring (bicyclic) bond motifs is 1. The minimum absolute atomic E-state index is 0.257. The van der Waals surface area contributed by atoms with Gasteiger partial charge >= 0.3 is 0 Å². The fraction of sp³-hybridized carbons (Fsp3) is 0.600. The molecule has 0 aliphatic heterocycles. The zero-order valence-corrected chi connectivity index (χ0v) is 12.0. The quantitative estimate of drug-likeness (QED) is 0.852. The smallest absolute Gasteiger partial charge is 0.202 e. The zero-order chi connectivity index (χ0) is 13.6. The maximum Gasteiger partial charge on any atom is 0.202 e. The van der Waals surface area contributed by atoms with Crippen LogP contribution in [0.15, 0.2) is 12.3 Å². The molecule has 2 aromatic rings. The average Bonchev–Trinajstić information content (AvgIpc) is 2.64.